The molecule has 0 radical (unpaired) electrons. The van der Waals surface area contributed by atoms with Gasteiger partial charge in [0.25, 0.3) is 5.91 Å². The van der Waals surface area contributed by atoms with Gasteiger partial charge in [-0.2, -0.15) is 0 Å². The average molecular weight is 345 g/mol. The Balaban J connectivity index is 1.93. The summed E-state index contributed by atoms with van der Waals surface area (Å²) in [6.07, 6.45) is 1.57. The number of nitrogens with one attached hydrogen (secondary N) is 1. The Morgan fingerprint density at radius 3 is 2.78 bits per heavy atom. The van der Waals surface area contributed by atoms with E-state index in [-0.39, 0.29) is 10.9 Å². The lowest BCUT2D eigenvalue weighted by Gasteiger charge is -2.16. The highest BCUT2D eigenvalue weighted by atomic mass is 32.1. The standard InChI is InChI=1S/C15H11N3O3S2/c1-9-4-2-3-5-12(9)17-14(19)11(16-15(17)22)6-10-7-13(18(20)21)23-8-10/h2-8H,1H3,(H,16,22)/b11-6+. The molecule has 1 aliphatic heterocycles. The molecule has 0 bridgehead atoms. The molecular weight excluding hydrogens is 334 g/mol. The number of hydrogen-bond donors (Lipinski definition) is 1. The van der Waals surface area contributed by atoms with E-state index in [9.17, 15) is 14.9 Å². The lowest BCUT2D eigenvalue weighted by molar-refractivity contribution is -0.380. The van der Waals surface area contributed by atoms with E-state index in [1.165, 1.54) is 11.0 Å². The molecular formula is C15H11N3O3S2. The Kier molecular flexibility index (Phi) is 3.93. The Bertz CT molecular complexity index is 857. The number of nitrogens with zero attached hydrogens (tertiary/aromatic N) is 2. The number of carbonyl (C=O) groups is 1. The first kappa shape index (κ1) is 15.3. The topological polar surface area (TPSA) is 75.5 Å². The molecule has 2 heterocycles. The Morgan fingerprint density at radius 1 is 1.39 bits per heavy atom. The maximum absolute atomic E-state index is 12.6. The summed E-state index contributed by atoms with van der Waals surface area (Å²) in [6, 6.07) is 8.86. The maximum atomic E-state index is 12.6. The third kappa shape index (κ3) is 2.86. The summed E-state index contributed by atoms with van der Waals surface area (Å²) in [7, 11) is 0. The number of carbonyl (C=O) groups excluding carboxylic acids is 1. The molecule has 0 aliphatic carbocycles. The highest BCUT2D eigenvalue weighted by molar-refractivity contribution is 7.80. The van der Waals surface area contributed by atoms with Crippen LogP contribution in [0.25, 0.3) is 6.08 Å². The van der Waals surface area contributed by atoms with Gasteiger partial charge in [-0.3, -0.25) is 19.8 Å². The molecule has 2 aromatic rings. The second-order valence-electron chi connectivity index (χ2n) is 4.89. The molecule has 1 fully saturated rings. The average Bonchev–Trinajstić information content (AvgIpc) is 3.07. The summed E-state index contributed by atoms with van der Waals surface area (Å²) >= 11 is 6.26. The molecule has 0 unspecified atom stereocenters. The SMILES string of the molecule is Cc1ccccc1N1C(=O)/C(=C\c2csc([N+](=O)[O-])c2)NC1=S. The van der Waals surface area contributed by atoms with Crippen molar-refractivity contribution in [3.05, 3.63) is 62.7 Å². The monoisotopic (exact) mass is 345 g/mol. The molecule has 1 N–H and O–H groups in total. The van der Waals surface area contributed by atoms with Gasteiger partial charge >= 0.3 is 5.00 Å². The van der Waals surface area contributed by atoms with Gasteiger partial charge in [-0.1, -0.05) is 29.5 Å². The van der Waals surface area contributed by atoms with Gasteiger partial charge in [-0.15, -0.1) is 0 Å². The van der Waals surface area contributed by atoms with Crippen LogP contribution in [0.5, 0.6) is 0 Å². The van der Waals surface area contributed by atoms with Crippen LogP contribution < -0.4 is 10.2 Å². The van der Waals surface area contributed by atoms with Crippen LogP contribution in [0.2, 0.25) is 0 Å². The molecule has 1 saturated heterocycles. The van der Waals surface area contributed by atoms with Crippen molar-refractivity contribution in [2.45, 2.75) is 6.92 Å². The van der Waals surface area contributed by atoms with Gasteiger partial charge in [0.1, 0.15) is 5.70 Å². The molecule has 1 aliphatic rings. The third-order valence-corrected chi connectivity index (χ3v) is 4.51. The van der Waals surface area contributed by atoms with Crippen molar-refractivity contribution in [2.75, 3.05) is 4.90 Å². The van der Waals surface area contributed by atoms with Crippen LogP contribution in [0.15, 0.2) is 41.4 Å². The van der Waals surface area contributed by atoms with Crippen LogP contribution in [-0.2, 0) is 4.79 Å². The molecule has 1 aromatic heterocycles. The van der Waals surface area contributed by atoms with E-state index in [0.717, 1.165) is 22.6 Å². The zero-order chi connectivity index (χ0) is 16.6. The lowest BCUT2D eigenvalue weighted by Crippen LogP contribution is -2.30. The molecule has 1 aromatic carbocycles. The first-order valence-electron chi connectivity index (χ1n) is 6.63. The molecule has 3 rings (SSSR count). The number of thiocarbonyl (C=S) groups is 1. The number of thiophene rings is 1. The van der Waals surface area contributed by atoms with E-state index in [4.69, 9.17) is 12.2 Å². The van der Waals surface area contributed by atoms with Crippen molar-refractivity contribution in [2.24, 2.45) is 0 Å². The second kappa shape index (κ2) is 5.90. The zero-order valence-electron chi connectivity index (χ0n) is 12.0. The Morgan fingerprint density at radius 2 is 2.13 bits per heavy atom. The molecule has 0 spiro atoms. The number of nitro groups is 1. The highest BCUT2D eigenvalue weighted by Gasteiger charge is 2.32. The largest absolute Gasteiger partial charge is 0.327 e. The highest BCUT2D eigenvalue weighted by Crippen LogP contribution is 2.28. The van der Waals surface area contributed by atoms with E-state index >= 15 is 0 Å². The van der Waals surface area contributed by atoms with Gasteiger partial charge in [-0.05, 0) is 42.4 Å². The number of amides is 1. The van der Waals surface area contributed by atoms with Crippen molar-refractivity contribution < 1.29 is 9.72 Å². The summed E-state index contributed by atoms with van der Waals surface area (Å²) in [5.41, 5.74) is 2.53. The van der Waals surface area contributed by atoms with Gasteiger partial charge in [-0.25, -0.2) is 0 Å². The maximum Gasteiger partial charge on any atom is 0.324 e. The fourth-order valence-electron chi connectivity index (χ4n) is 2.25. The Hall–Kier alpha value is -2.58. The first-order valence-corrected chi connectivity index (χ1v) is 7.92. The summed E-state index contributed by atoms with van der Waals surface area (Å²) in [5.74, 6) is -0.279. The van der Waals surface area contributed by atoms with Crippen LogP contribution in [0.1, 0.15) is 11.1 Å². The number of para-hydroxylation sites is 1. The number of rotatable bonds is 3. The zero-order valence-corrected chi connectivity index (χ0v) is 13.6. The summed E-state index contributed by atoms with van der Waals surface area (Å²) in [5, 5.41) is 15.5. The van der Waals surface area contributed by atoms with Crippen molar-refractivity contribution in [3.8, 4) is 0 Å². The second-order valence-corrected chi connectivity index (χ2v) is 6.17. The molecule has 8 heteroatoms. The fraction of sp³-hybridized carbons (Fsp3) is 0.0667. The predicted octanol–water partition coefficient (Wildman–Crippen LogP) is 3.23. The van der Waals surface area contributed by atoms with Crippen LogP contribution in [0.4, 0.5) is 10.7 Å². The summed E-state index contributed by atoms with van der Waals surface area (Å²) in [4.78, 5) is 24.3. The van der Waals surface area contributed by atoms with Gasteiger partial charge in [0.15, 0.2) is 5.11 Å². The van der Waals surface area contributed by atoms with Crippen LogP contribution >= 0.6 is 23.6 Å². The van der Waals surface area contributed by atoms with E-state index in [0.29, 0.717) is 16.4 Å². The van der Waals surface area contributed by atoms with Crippen LogP contribution in [0.3, 0.4) is 0 Å². The van der Waals surface area contributed by atoms with Crippen molar-refractivity contribution >= 4 is 51.3 Å². The molecule has 116 valence electrons. The van der Waals surface area contributed by atoms with E-state index in [1.54, 1.807) is 11.5 Å². The minimum absolute atomic E-state index is 0.0284. The van der Waals surface area contributed by atoms with Crippen molar-refractivity contribution in [1.82, 2.24) is 5.32 Å². The van der Waals surface area contributed by atoms with Gasteiger partial charge in [0, 0.05) is 11.4 Å². The summed E-state index contributed by atoms with van der Waals surface area (Å²) < 4.78 is 0. The number of hydrogen-bond acceptors (Lipinski definition) is 5. The summed E-state index contributed by atoms with van der Waals surface area (Å²) in [6.45, 7) is 1.90. The quantitative estimate of drug-likeness (QED) is 0.400. The smallest absolute Gasteiger partial charge is 0.324 e. The van der Waals surface area contributed by atoms with Gasteiger partial charge < -0.3 is 5.32 Å². The van der Waals surface area contributed by atoms with Crippen LogP contribution in [0, 0.1) is 17.0 Å². The molecule has 0 saturated carbocycles. The molecule has 23 heavy (non-hydrogen) atoms. The third-order valence-electron chi connectivity index (χ3n) is 3.33. The molecule has 6 nitrogen and oxygen atoms in total. The van der Waals surface area contributed by atoms with E-state index in [2.05, 4.69) is 5.32 Å². The van der Waals surface area contributed by atoms with E-state index < -0.39 is 4.92 Å². The van der Waals surface area contributed by atoms with E-state index in [1.807, 2.05) is 31.2 Å². The number of benzene rings is 1. The number of aryl methyl sites for hydroxylation is 1. The van der Waals surface area contributed by atoms with Gasteiger partial charge in [0.2, 0.25) is 0 Å². The first-order chi connectivity index (χ1) is 11.0. The number of anilines is 1. The minimum Gasteiger partial charge on any atom is -0.327 e. The van der Waals surface area contributed by atoms with Crippen LogP contribution in [-0.4, -0.2) is 15.9 Å². The molecule has 0 atom stereocenters. The van der Waals surface area contributed by atoms with Crippen molar-refractivity contribution in [1.29, 1.82) is 0 Å². The predicted molar refractivity (Wildman–Crippen MR) is 93.3 cm³/mol. The normalized spacial score (nSPS) is 16.0. The minimum atomic E-state index is -0.458. The Labute approximate surface area is 141 Å². The lowest BCUT2D eigenvalue weighted by atomic mass is 10.2. The van der Waals surface area contributed by atoms with Gasteiger partial charge in [0.05, 0.1) is 10.6 Å². The fourth-order valence-corrected chi connectivity index (χ4v) is 3.22. The molecule has 1 amide bonds. The van der Waals surface area contributed by atoms with Crippen molar-refractivity contribution in [3.63, 3.8) is 0 Å².